The molecule has 9 nitrogen and oxygen atoms in total. The lowest BCUT2D eigenvalue weighted by atomic mass is 10.2. The molecule has 0 radical (unpaired) electrons. The minimum Gasteiger partial charge on any atom is -0.389 e. The van der Waals surface area contributed by atoms with Crippen molar-refractivity contribution in [3.05, 3.63) is 24.5 Å². The van der Waals surface area contributed by atoms with E-state index in [-0.39, 0.29) is 13.2 Å². The number of imidazole rings is 1. The number of nitrogen functional groups attached to an aromatic ring is 1. The summed E-state index contributed by atoms with van der Waals surface area (Å²) in [6.07, 6.45) is 3.96. The van der Waals surface area contributed by atoms with Crippen LogP contribution in [0.5, 0.6) is 0 Å². The molecule has 10 heteroatoms. The van der Waals surface area contributed by atoms with Gasteiger partial charge in [0.25, 0.3) is 0 Å². The normalized spacial score (nSPS) is 13.8. The summed E-state index contributed by atoms with van der Waals surface area (Å²) in [6.45, 7) is 4.45. The molecule has 3 N–H and O–H groups in total. The zero-order chi connectivity index (χ0) is 17.6. The van der Waals surface area contributed by atoms with E-state index < -0.39 is 13.7 Å². The fraction of sp³-hybridized carbons (Fsp3) is 0.500. The van der Waals surface area contributed by atoms with Gasteiger partial charge in [0.2, 0.25) is 0 Å². The van der Waals surface area contributed by atoms with Crippen LogP contribution in [0.2, 0.25) is 0 Å². The quantitative estimate of drug-likeness (QED) is 0.654. The highest BCUT2D eigenvalue weighted by Crippen LogP contribution is 2.49. The first-order valence-corrected chi connectivity index (χ1v) is 9.27. The van der Waals surface area contributed by atoms with Gasteiger partial charge >= 0.3 is 7.60 Å². The van der Waals surface area contributed by atoms with Crippen LogP contribution in [0, 0.1) is 0 Å². The second-order valence-electron chi connectivity index (χ2n) is 4.94. The van der Waals surface area contributed by atoms with Crippen molar-refractivity contribution in [3.8, 4) is 0 Å². The van der Waals surface area contributed by atoms with Gasteiger partial charge in [0.15, 0.2) is 11.5 Å². The van der Waals surface area contributed by atoms with Crippen LogP contribution in [0.15, 0.2) is 24.5 Å². The third-order valence-electron chi connectivity index (χ3n) is 3.20. The van der Waals surface area contributed by atoms with Gasteiger partial charge in [0.05, 0.1) is 25.6 Å². The molecule has 2 aromatic rings. The zero-order valence-electron chi connectivity index (χ0n) is 13.7. The van der Waals surface area contributed by atoms with E-state index in [2.05, 4.69) is 15.0 Å². The molecule has 0 aliphatic rings. The maximum absolute atomic E-state index is 12.3. The molecule has 2 aromatic heterocycles. The van der Waals surface area contributed by atoms with Gasteiger partial charge in [-0.25, -0.2) is 15.0 Å². The Bertz CT molecular complexity index is 738. The SMILES string of the molecule is CCOP(=O)(C=C[C@H](O)CCn1cnc2c(N)ncnc21)OCC. The summed E-state index contributed by atoms with van der Waals surface area (Å²) in [6, 6.07) is 0. The summed E-state index contributed by atoms with van der Waals surface area (Å²) < 4.78 is 24.3. The van der Waals surface area contributed by atoms with Crippen LogP contribution in [0.3, 0.4) is 0 Å². The molecule has 0 aliphatic heterocycles. The topological polar surface area (TPSA) is 125 Å². The van der Waals surface area contributed by atoms with Crippen molar-refractivity contribution in [2.24, 2.45) is 0 Å². The number of hydrogen-bond donors (Lipinski definition) is 2. The number of aliphatic hydroxyl groups excluding tert-OH is 1. The van der Waals surface area contributed by atoms with Gasteiger partial charge in [-0.2, -0.15) is 0 Å². The van der Waals surface area contributed by atoms with E-state index in [0.29, 0.717) is 29.9 Å². The zero-order valence-corrected chi connectivity index (χ0v) is 14.6. The Balaban J connectivity index is 1.99. The van der Waals surface area contributed by atoms with Crippen molar-refractivity contribution in [1.82, 2.24) is 19.5 Å². The van der Waals surface area contributed by atoms with Crippen LogP contribution in [-0.4, -0.2) is 43.9 Å². The number of aryl methyl sites for hydroxylation is 1. The molecule has 0 saturated carbocycles. The van der Waals surface area contributed by atoms with E-state index in [4.69, 9.17) is 14.8 Å². The number of nitrogens with zero attached hydrogens (tertiary/aromatic N) is 4. The van der Waals surface area contributed by atoms with Gasteiger partial charge in [0, 0.05) is 12.4 Å². The Labute approximate surface area is 140 Å². The summed E-state index contributed by atoms with van der Waals surface area (Å²) >= 11 is 0. The smallest absolute Gasteiger partial charge is 0.353 e. The molecular formula is C14H22N5O4P. The number of hydrogen-bond acceptors (Lipinski definition) is 8. The van der Waals surface area contributed by atoms with Gasteiger partial charge in [-0.05, 0) is 26.3 Å². The van der Waals surface area contributed by atoms with Crippen molar-refractivity contribution in [1.29, 1.82) is 0 Å². The maximum Gasteiger partial charge on any atom is 0.353 e. The second-order valence-corrected chi connectivity index (χ2v) is 6.84. The van der Waals surface area contributed by atoms with E-state index in [1.165, 1.54) is 18.2 Å². The minimum absolute atomic E-state index is 0.264. The molecular weight excluding hydrogens is 333 g/mol. The number of rotatable bonds is 9. The number of nitrogens with two attached hydrogens (primary N) is 1. The van der Waals surface area contributed by atoms with Crippen LogP contribution in [-0.2, 0) is 20.2 Å². The number of aliphatic hydroxyl groups is 1. The van der Waals surface area contributed by atoms with Crippen molar-refractivity contribution < 1.29 is 18.7 Å². The Morgan fingerprint density at radius 3 is 2.71 bits per heavy atom. The molecule has 0 aliphatic carbocycles. The summed E-state index contributed by atoms with van der Waals surface area (Å²) in [5.41, 5.74) is 6.86. The van der Waals surface area contributed by atoms with E-state index in [9.17, 15) is 9.67 Å². The molecule has 2 heterocycles. The number of fused-ring (bicyclic) bond motifs is 1. The average molecular weight is 355 g/mol. The predicted molar refractivity (Wildman–Crippen MR) is 90.4 cm³/mol. The third-order valence-corrected chi connectivity index (χ3v) is 4.98. The lowest BCUT2D eigenvalue weighted by Crippen LogP contribution is -2.08. The van der Waals surface area contributed by atoms with Crippen molar-refractivity contribution in [2.45, 2.75) is 32.9 Å². The lowest BCUT2D eigenvalue weighted by Gasteiger charge is -2.13. The highest BCUT2D eigenvalue weighted by Gasteiger charge is 2.19. The molecule has 0 fully saturated rings. The minimum atomic E-state index is -3.30. The molecule has 24 heavy (non-hydrogen) atoms. The van der Waals surface area contributed by atoms with Crippen LogP contribution in [0.1, 0.15) is 20.3 Å². The van der Waals surface area contributed by atoms with Crippen molar-refractivity contribution in [3.63, 3.8) is 0 Å². The summed E-state index contributed by atoms with van der Waals surface area (Å²) in [5, 5.41) is 10.1. The highest BCUT2D eigenvalue weighted by molar-refractivity contribution is 7.57. The van der Waals surface area contributed by atoms with Crippen LogP contribution in [0.25, 0.3) is 11.2 Å². The third kappa shape index (κ3) is 4.61. The fourth-order valence-corrected chi connectivity index (χ4v) is 3.49. The molecule has 0 amide bonds. The standard InChI is InChI=1S/C14H22N5O4P/c1-3-22-24(21,23-4-2)8-6-11(20)5-7-19-10-18-12-13(15)16-9-17-14(12)19/h6,8-11,20H,3-5,7H2,1-2H3,(H2,15,16,17)/t11-/m1/s1. The summed E-state index contributed by atoms with van der Waals surface area (Å²) in [5.74, 6) is 1.62. The molecule has 0 aromatic carbocycles. The van der Waals surface area contributed by atoms with Gasteiger partial charge < -0.3 is 24.5 Å². The molecule has 2 rings (SSSR count). The molecule has 0 spiro atoms. The summed E-state index contributed by atoms with van der Waals surface area (Å²) in [4.78, 5) is 12.2. The van der Waals surface area contributed by atoms with Gasteiger partial charge in [-0.3, -0.25) is 4.57 Å². The molecule has 0 unspecified atom stereocenters. The first kappa shape index (κ1) is 18.5. The Morgan fingerprint density at radius 1 is 1.33 bits per heavy atom. The summed E-state index contributed by atoms with van der Waals surface area (Å²) in [7, 11) is -3.30. The Morgan fingerprint density at radius 2 is 2.04 bits per heavy atom. The van der Waals surface area contributed by atoms with E-state index in [1.807, 2.05) is 0 Å². The van der Waals surface area contributed by atoms with E-state index >= 15 is 0 Å². The monoisotopic (exact) mass is 355 g/mol. The van der Waals surface area contributed by atoms with Gasteiger partial charge in [-0.15, -0.1) is 0 Å². The molecule has 0 saturated heterocycles. The number of aromatic nitrogens is 4. The molecule has 1 atom stereocenters. The fourth-order valence-electron chi connectivity index (χ4n) is 2.12. The second kappa shape index (κ2) is 8.34. The maximum atomic E-state index is 12.3. The highest BCUT2D eigenvalue weighted by atomic mass is 31.2. The van der Waals surface area contributed by atoms with Crippen LogP contribution < -0.4 is 5.73 Å². The van der Waals surface area contributed by atoms with Crippen LogP contribution >= 0.6 is 7.60 Å². The Kier molecular flexibility index (Phi) is 6.44. The largest absolute Gasteiger partial charge is 0.389 e. The van der Waals surface area contributed by atoms with Crippen molar-refractivity contribution in [2.75, 3.05) is 18.9 Å². The lowest BCUT2D eigenvalue weighted by molar-refractivity contribution is 0.204. The first-order chi connectivity index (χ1) is 11.5. The first-order valence-electron chi connectivity index (χ1n) is 7.66. The molecule has 132 valence electrons. The van der Waals surface area contributed by atoms with Crippen LogP contribution in [0.4, 0.5) is 5.82 Å². The molecule has 0 bridgehead atoms. The predicted octanol–water partition coefficient (Wildman–Crippen LogP) is 1.94. The van der Waals surface area contributed by atoms with Crippen molar-refractivity contribution >= 4 is 24.6 Å². The number of anilines is 1. The van der Waals surface area contributed by atoms with E-state index in [0.717, 1.165) is 0 Å². The van der Waals surface area contributed by atoms with E-state index in [1.54, 1.807) is 24.7 Å². The van der Waals surface area contributed by atoms with Gasteiger partial charge in [-0.1, -0.05) is 0 Å². The average Bonchev–Trinajstić information content (AvgIpc) is 2.96. The van der Waals surface area contributed by atoms with Gasteiger partial charge in [0.1, 0.15) is 11.8 Å². The Hall–Kier alpha value is -1.80.